The summed E-state index contributed by atoms with van der Waals surface area (Å²) < 4.78 is 20.7. The number of amides is 1. The van der Waals surface area contributed by atoms with Gasteiger partial charge in [0, 0.05) is 28.6 Å². The van der Waals surface area contributed by atoms with Crippen LogP contribution in [0.4, 0.5) is 15.8 Å². The molecule has 4 rings (SSSR count). The van der Waals surface area contributed by atoms with Gasteiger partial charge in [-0.3, -0.25) is 4.79 Å². The summed E-state index contributed by atoms with van der Waals surface area (Å²) in [7, 11) is 0. The van der Waals surface area contributed by atoms with Crippen LogP contribution in [0.5, 0.6) is 0 Å². The van der Waals surface area contributed by atoms with E-state index in [4.69, 9.17) is 4.74 Å². The lowest BCUT2D eigenvalue weighted by molar-refractivity contribution is -0.00539. The summed E-state index contributed by atoms with van der Waals surface area (Å²) in [5, 5.41) is 12.2. The second-order valence-corrected chi connectivity index (χ2v) is 9.07. The van der Waals surface area contributed by atoms with E-state index in [2.05, 4.69) is 11.4 Å². The Labute approximate surface area is 197 Å². The zero-order valence-electron chi connectivity index (χ0n) is 18.4. The molecule has 0 radical (unpaired) electrons. The lowest BCUT2D eigenvalue weighted by Gasteiger charge is -2.37. The molecule has 0 bridgehead atoms. The van der Waals surface area contributed by atoms with E-state index in [1.165, 1.54) is 17.8 Å². The predicted octanol–water partition coefficient (Wildman–Crippen LogP) is 5.71. The van der Waals surface area contributed by atoms with Gasteiger partial charge in [0.05, 0.1) is 29.0 Å². The molecule has 0 spiro atoms. The summed E-state index contributed by atoms with van der Waals surface area (Å²) in [6.45, 7) is 5.17. The number of halogens is 1. The number of hydrogen-bond donors (Lipinski definition) is 1. The van der Waals surface area contributed by atoms with Gasteiger partial charge in [0.2, 0.25) is 0 Å². The lowest BCUT2D eigenvalue weighted by Crippen LogP contribution is -2.45. The van der Waals surface area contributed by atoms with Crippen LogP contribution in [0, 0.1) is 17.1 Å². The largest absolute Gasteiger partial charge is 0.372 e. The molecular formula is C26H24FN3O2S. The molecule has 33 heavy (non-hydrogen) atoms. The Bertz CT molecular complexity index is 1200. The van der Waals surface area contributed by atoms with Gasteiger partial charge >= 0.3 is 0 Å². The van der Waals surface area contributed by atoms with Crippen LogP contribution in [-0.2, 0) is 4.74 Å². The average Bonchev–Trinajstić information content (AvgIpc) is 2.79. The standard InChI is InChI=1S/C26H24FN3O2S/c1-17-15-30(16-18(2)32-17)23-12-11-20(13-22(23)27)29-26(31)21-8-4-6-10-25(21)33-24-9-5-3-7-19(24)14-28/h3-13,17-18H,15-16H2,1-2H3,(H,29,31). The minimum Gasteiger partial charge on any atom is -0.372 e. The molecule has 1 aliphatic heterocycles. The summed E-state index contributed by atoms with van der Waals surface area (Å²) in [6, 6.07) is 21.3. The molecule has 1 amide bonds. The van der Waals surface area contributed by atoms with Crippen molar-refractivity contribution in [1.82, 2.24) is 0 Å². The second kappa shape index (κ2) is 10.1. The molecule has 0 aromatic heterocycles. The van der Waals surface area contributed by atoms with Crippen LogP contribution in [0.15, 0.2) is 76.5 Å². The van der Waals surface area contributed by atoms with Crippen molar-refractivity contribution in [2.75, 3.05) is 23.3 Å². The van der Waals surface area contributed by atoms with Crippen molar-refractivity contribution in [3.63, 3.8) is 0 Å². The highest BCUT2D eigenvalue weighted by Crippen LogP contribution is 2.33. The summed E-state index contributed by atoms with van der Waals surface area (Å²) in [6.07, 6.45) is 0.0420. The zero-order valence-corrected chi connectivity index (χ0v) is 19.2. The van der Waals surface area contributed by atoms with Crippen LogP contribution < -0.4 is 10.2 Å². The number of hydrogen-bond acceptors (Lipinski definition) is 5. The first-order valence-corrected chi connectivity index (χ1v) is 11.5. The fraction of sp³-hybridized carbons (Fsp3) is 0.231. The third-order valence-electron chi connectivity index (χ3n) is 5.32. The van der Waals surface area contributed by atoms with Gasteiger partial charge in [0.15, 0.2) is 0 Å². The molecule has 1 N–H and O–H groups in total. The number of nitriles is 1. The number of morpholine rings is 1. The van der Waals surface area contributed by atoms with Crippen LogP contribution in [0.2, 0.25) is 0 Å². The van der Waals surface area contributed by atoms with Gasteiger partial charge in [-0.15, -0.1) is 0 Å². The molecule has 0 aliphatic carbocycles. The number of carbonyl (C=O) groups excluding carboxylic acids is 1. The van der Waals surface area contributed by atoms with Crippen LogP contribution in [0.25, 0.3) is 0 Å². The first-order chi connectivity index (χ1) is 15.9. The molecule has 0 saturated carbocycles. The summed E-state index contributed by atoms with van der Waals surface area (Å²) in [5.74, 6) is -0.729. The van der Waals surface area contributed by atoms with Gasteiger partial charge in [0.1, 0.15) is 11.9 Å². The highest BCUT2D eigenvalue weighted by atomic mass is 32.2. The Hall–Kier alpha value is -3.34. The zero-order chi connectivity index (χ0) is 23.4. The first-order valence-electron chi connectivity index (χ1n) is 10.7. The molecule has 5 nitrogen and oxygen atoms in total. The summed E-state index contributed by atoms with van der Waals surface area (Å²) >= 11 is 1.35. The Balaban J connectivity index is 1.52. The molecule has 1 saturated heterocycles. The smallest absolute Gasteiger partial charge is 0.256 e. The summed E-state index contributed by atoms with van der Waals surface area (Å²) in [4.78, 5) is 16.5. The van der Waals surface area contributed by atoms with Crippen molar-refractivity contribution < 1.29 is 13.9 Å². The minimum atomic E-state index is -0.389. The van der Waals surface area contributed by atoms with Gasteiger partial charge in [-0.25, -0.2) is 4.39 Å². The van der Waals surface area contributed by atoms with Crippen LogP contribution >= 0.6 is 11.8 Å². The van der Waals surface area contributed by atoms with Crippen molar-refractivity contribution >= 4 is 29.0 Å². The predicted molar refractivity (Wildman–Crippen MR) is 128 cm³/mol. The van der Waals surface area contributed by atoms with E-state index >= 15 is 0 Å². The van der Waals surface area contributed by atoms with Gasteiger partial charge < -0.3 is 15.0 Å². The van der Waals surface area contributed by atoms with E-state index in [0.29, 0.717) is 40.5 Å². The fourth-order valence-corrected chi connectivity index (χ4v) is 4.95. The molecule has 7 heteroatoms. The number of rotatable bonds is 5. The number of benzene rings is 3. The number of nitrogens with zero attached hydrogens (tertiary/aromatic N) is 2. The second-order valence-electron chi connectivity index (χ2n) is 7.99. The maximum absolute atomic E-state index is 14.9. The van der Waals surface area contributed by atoms with Gasteiger partial charge in [0.25, 0.3) is 5.91 Å². The van der Waals surface area contributed by atoms with Gasteiger partial charge in [-0.05, 0) is 56.3 Å². The maximum Gasteiger partial charge on any atom is 0.256 e. The lowest BCUT2D eigenvalue weighted by atomic mass is 10.1. The van der Waals surface area contributed by atoms with E-state index in [1.807, 2.05) is 43.0 Å². The molecule has 168 valence electrons. The van der Waals surface area contributed by atoms with E-state index in [0.717, 1.165) is 4.90 Å². The van der Waals surface area contributed by atoms with Gasteiger partial charge in [-0.1, -0.05) is 36.0 Å². The Morgan fingerprint density at radius 1 is 1.06 bits per heavy atom. The monoisotopic (exact) mass is 461 g/mol. The number of anilines is 2. The van der Waals surface area contributed by atoms with Crippen molar-refractivity contribution in [1.29, 1.82) is 5.26 Å². The van der Waals surface area contributed by atoms with Crippen molar-refractivity contribution in [2.24, 2.45) is 0 Å². The number of ether oxygens (including phenoxy) is 1. The minimum absolute atomic E-state index is 0.0210. The average molecular weight is 462 g/mol. The van der Waals surface area contributed by atoms with Crippen LogP contribution in [0.1, 0.15) is 29.8 Å². The quantitative estimate of drug-likeness (QED) is 0.527. The maximum atomic E-state index is 14.9. The molecule has 3 aromatic rings. The Morgan fingerprint density at radius 2 is 1.73 bits per heavy atom. The topological polar surface area (TPSA) is 65.4 Å². The molecule has 3 aromatic carbocycles. The van der Waals surface area contributed by atoms with E-state index < -0.39 is 0 Å². The highest BCUT2D eigenvalue weighted by Gasteiger charge is 2.24. The Morgan fingerprint density at radius 3 is 2.42 bits per heavy atom. The SMILES string of the molecule is CC1CN(c2ccc(NC(=O)c3ccccc3Sc3ccccc3C#N)cc2F)CC(C)O1. The molecule has 1 aliphatic rings. The number of carbonyl (C=O) groups is 1. The molecule has 2 atom stereocenters. The van der Waals surface area contributed by atoms with Gasteiger partial charge in [-0.2, -0.15) is 5.26 Å². The van der Waals surface area contributed by atoms with Crippen LogP contribution in [0.3, 0.4) is 0 Å². The Kier molecular flexibility index (Phi) is 6.97. The fourth-order valence-electron chi connectivity index (χ4n) is 3.92. The first kappa shape index (κ1) is 22.8. The third kappa shape index (κ3) is 5.36. The molecule has 2 unspecified atom stereocenters. The molecule has 1 heterocycles. The third-order valence-corrected chi connectivity index (χ3v) is 6.48. The van der Waals surface area contributed by atoms with E-state index in [9.17, 15) is 14.4 Å². The normalized spacial score (nSPS) is 17.9. The van der Waals surface area contributed by atoms with E-state index in [-0.39, 0.29) is 23.9 Å². The highest BCUT2D eigenvalue weighted by molar-refractivity contribution is 7.99. The summed E-state index contributed by atoms with van der Waals surface area (Å²) in [5.41, 5.74) is 1.88. The van der Waals surface area contributed by atoms with Crippen molar-refractivity contribution in [3.8, 4) is 6.07 Å². The van der Waals surface area contributed by atoms with Crippen LogP contribution in [-0.4, -0.2) is 31.2 Å². The van der Waals surface area contributed by atoms with Crippen molar-refractivity contribution in [2.45, 2.75) is 35.8 Å². The molecular weight excluding hydrogens is 437 g/mol. The molecule has 1 fully saturated rings. The van der Waals surface area contributed by atoms with E-state index in [1.54, 1.807) is 36.4 Å². The number of nitrogens with one attached hydrogen (secondary N) is 1. The van der Waals surface area contributed by atoms with Crippen molar-refractivity contribution in [3.05, 3.63) is 83.7 Å².